The SMILES string of the molecule is CCCC[C@@]1(C)[n+]2nc(-c3ccccc3C)n(-c3c(CC(C)C)cc(C#N)cc3CC(C)C)c2-c2ccccc2C1(C)CC. The molecule has 2 heterocycles. The highest BCUT2D eigenvalue weighted by molar-refractivity contribution is 5.72. The Morgan fingerprint density at radius 1 is 0.886 bits per heavy atom. The molecule has 2 atom stereocenters. The lowest BCUT2D eigenvalue weighted by Gasteiger charge is -2.46. The lowest BCUT2D eigenvalue weighted by atomic mass is 9.61. The average Bonchev–Trinajstić information content (AvgIpc) is 3.39. The summed E-state index contributed by atoms with van der Waals surface area (Å²) < 4.78 is 4.92. The van der Waals surface area contributed by atoms with Crippen LogP contribution in [0.15, 0.2) is 60.7 Å². The lowest BCUT2D eigenvalue weighted by molar-refractivity contribution is -0.813. The van der Waals surface area contributed by atoms with E-state index in [-0.39, 0.29) is 11.0 Å². The van der Waals surface area contributed by atoms with E-state index in [1.165, 1.54) is 33.5 Å². The van der Waals surface area contributed by atoms with Crippen molar-refractivity contribution in [2.24, 2.45) is 11.8 Å². The average molecular weight is 588 g/mol. The van der Waals surface area contributed by atoms with Crippen molar-refractivity contribution in [3.63, 3.8) is 0 Å². The molecule has 0 saturated heterocycles. The summed E-state index contributed by atoms with van der Waals surface area (Å²) in [6, 6.07) is 24.5. The van der Waals surface area contributed by atoms with Gasteiger partial charge in [0.1, 0.15) is 11.2 Å². The molecule has 0 aliphatic carbocycles. The molecule has 0 bridgehead atoms. The quantitative estimate of drug-likeness (QED) is 0.173. The van der Waals surface area contributed by atoms with Gasteiger partial charge in [0.2, 0.25) is 0 Å². The van der Waals surface area contributed by atoms with Crippen LogP contribution in [0.4, 0.5) is 0 Å². The normalized spacial score (nSPS) is 19.2. The van der Waals surface area contributed by atoms with Gasteiger partial charge >= 0.3 is 5.82 Å². The molecule has 0 spiro atoms. The van der Waals surface area contributed by atoms with Crippen molar-refractivity contribution in [1.82, 2.24) is 9.67 Å². The molecule has 1 aromatic heterocycles. The zero-order valence-electron chi connectivity index (χ0n) is 28.5. The zero-order chi connectivity index (χ0) is 31.8. The minimum Gasteiger partial charge on any atom is -0.192 e. The van der Waals surface area contributed by atoms with Gasteiger partial charge in [-0.05, 0) is 98.3 Å². The van der Waals surface area contributed by atoms with Crippen LogP contribution >= 0.6 is 0 Å². The van der Waals surface area contributed by atoms with Gasteiger partial charge in [0.25, 0.3) is 5.82 Å². The fourth-order valence-electron chi connectivity index (χ4n) is 7.63. The van der Waals surface area contributed by atoms with Crippen molar-refractivity contribution in [1.29, 1.82) is 5.26 Å². The molecule has 4 nitrogen and oxygen atoms in total. The molecule has 44 heavy (non-hydrogen) atoms. The van der Waals surface area contributed by atoms with Crippen molar-refractivity contribution in [2.45, 2.75) is 112 Å². The Kier molecular flexibility index (Phi) is 8.90. The molecule has 0 fully saturated rings. The molecule has 1 unspecified atom stereocenters. The standard InChI is InChI=1S/C40H51N4/c1-10-12-21-40(9)39(8,11-2)35-20-16-15-19-34(35)38-43(37(42-44(38)40)33-18-14-13-17-29(33)7)36-31(22-27(3)4)24-30(26-41)25-32(36)23-28(5)6/h13-20,24-25,27-28H,10-12,21-23H2,1-9H3/q+1/t39?,40-/m1/s1. The Labute approximate surface area is 265 Å². The third kappa shape index (κ3) is 5.19. The van der Waals surface area contributed by atoms with E-state index in [0.717, 1.165) is 61.3 Å². The Bertz CT molecular complexity index is 1670. The summed E-state index contributed by atoms with van der Waals surface area (Å²) in [6.07, 6.45) is 6.14. The molecule has 3 aromatic carbocycles. The van der Waals surface area contributed by atoms with Crippen LogP contribution in [-0.4, -0.2) is 9.67 Å². The van der Waals surface area contributed by atoms with Gasteiger partial charge in [0.15, 0.2) is 0 Å². The maximum absolute atomic E-state index is 10.1. The molecule has 4 heteroatoms. The van der Waals surface area contributed by atoms with E-state index < -0.39 is 0 Å². The number of aryl methyl sites for hydroxylation is 1. The number of aromatic nitrogens is 3. The summed E-state index contributed by atoms with van der Waals surface area (Å²) in [6.45, 7) is 20.8. The predicted octanol–water partition coefficient (Wildman–Crippen LogP) is 9.66. The van der Waals surface area contributed by atoms with Crippen molar-refractivity contribution < 1.29 is 4.68 Å². The van der Waals surface area contributed by atoms with E-state index in [1.54, 1.807) is 0 Å². The summed E-state index contributed by atoms with van der Waals surface area (Å²) in [4.78, 5) is 0. The minimum absolute atomic E-state index is 0.0925. The Balaban J connectivity index is 2.02. The molecule has 0 N–H and O–H groups in total. The molecule has 0 radical (unpaired) electrons. The van der Waals surface area contributed by atoms with Gasteiger partial charge in [-0.2, -0.15) is 9.83 Å². The highest BCUT2D eigenvalue weighted by Gasteiger charge is 2.58. The second kappa shape index (κ2) is 12.4. The number of unbranched alkanes of at least 4 members (excludes halogenated alkanes) is 1. The first-order chi connectivity index (χ1) is 21.0. The maximum atomic E-state index is 10.1. The molecule has 0 saturated carbocycles. The van der Waals surface area contributed by atoms with Crippen LogP contribution < -0.4 is 4.68 Å². The molecule has 0 amide bonds. The highest BCUT2D eigenvalue weighted by atomic mass is 15.4. The monoisotopic (exact) mass is 587 g/mol. The lowest BCUT2D eigenvalue weighted by Crippen LogP contribution is -2.68. The van der Waals surface area contributed by atoms with Crippen LogP contribution in [0.3, 0.4) is 0 Å². The van der Waals surface area contributed by atoms with E-state index in [0.29, 0.717) is 11.8 Å². The summed E-state index contributed by atoms with van der Waals surface area (Å²) in [7, 11) is 0. The first kappa shape index (κ1) is 31.7. The van der Waals surface area contributed by atoms with Gasteiger partial charge < -0.3 is 0 Å². The second-order valence-electron chi connectivity index (χ2n) is 14.3. The molecule has 1 aliphatic rings. The van der Waals surface area contributed by atoms with Crippen LogP contribution in [0.1, 0.15) is 109 Å². The Morgan fingerprint density at radius 2 is 1.48 bits per heavy atom. The van der Waals surface area contributed by atoms with E-state index in [9.17, 15) is 5.26 Å². The fourth-order valence-corrected chi connectivity index (χ4v) is 7.63. The minimum atomic E-state index is -0.229. The molecule has 1 aliphatic heterocycles. The van der Waals surface area contributed by atoms with Crippen molar-refractivity contribution >= 4 is 0 Å². The molecule has 4 aromatic rings. The summed E-state index contributed by atoms with van der Waals surface area (Å²) in [5.74, 6) is 3.02. The van der Waals surface area contributed by atoms with E-state index >= 15 is 0 Å². The van der Waals surface area contributed by atoms with Gasteiger partial charge in [-0.25, -0.2) is 0 Å². The number of benzene rings is 3. The number of fused-ring (bicyclic) bond motifs is 3. The molecular weight excluding hydrogens is 536 g/mol. The Hall–Kier alpha value is -3.71. The van der Waals surface area contributed by atoms with Crippen LogP contribution in [0.2, 0.25) is 0 Å². The number of hydrogen-bond acceptors (Lipinski definition) is 2. The topological polar surface area (TPSA) is 45.5 Å². The summed E-state index contributed by atoms with van der Waals surface area (Å²) in [5, 5.41) is 15.8. The van der Waals surface area contributed by atoms with E-state index in [2.05, 4.69) is 138 Å². The Morgan fingerprint density at radius 3 is 2.02 bits per heavy atom. The fraction of sp³-hybridized carbons (Fsp3) is 0.475. The smallest absolute Gasteiger partial charge is 0.192 e. The van der Waals surface area contributed by atoms with Gasteiger partial charge in [-0.3, -0.25) is 0 Å². The van der Waals surface area contributed by atoms with Gasteiger partial charge in [0, 0.05) is 22.1 Å². The molecular formula is C40H51N4+. The van der Waals surface area contributed by atoms with Gasteiger partial charge in [-0.15, -0.1) is 4.68 Å². The zero-order valence-corrected chi connectivity index (χ0v) is 28.5. The van der Waals surface area contributed by atoms with Crippen molar-refractivity contribution in [2.75, 3.05) is 0 Å². The second-order valence-corrected chi connectivity index (χ2v) is 14.3. The third-order valence-electron chi connectivity index (χ3n) is 10.2. The predicted molar refractivity (Wildman–Crippen MR) is 182 cm³/mol. The van der Waals surface area contributed by atoms with Crippen LogP contribution in [0.5, 0.6) is 0 Å². The van der Waals surface area contributed by atoms with Crippen LogP contribution in [-0.2, 0) is 23.8 Å². The highest BCUT2D eigenvalue weighted by Crippen LogP contribution is 2.51. The maximum Gasteiger partial charge on any atom is 0.317 e. The number of rotatable bonds is 10. The van der Waals surface area contributed by atoms with Crippen molar-refractivity contribution in [3.05, 3.63) is 88.5 Å². The van der Waals surface area contributed by atoms with E-state index in [4.69, 9.17) is 5.10 Å². The molecule has 5 rings (SSSR count). The number of nitrogens with zero attached hydrogens (tertiary/aromatic N) is 4. The number of nitriles is 1. The number of hydrogen-bond donors (Lipinski definition) is 0. The summed E-state index contributed by atoms with van der Waals surface area (Å²) in [5.41, 5.74) is 9.10. The van der Waals surface area contributed by atoms with Gasteiger partial charge in [-0.1, -0.05) is 91.3 Å². The third-order valence-corrected chi connectivity index (χ3v) is 10.2. The van der Waals surface area contributed by atoms with E-state index in [1.807, 2.05) is 0 Å². The first-order valence-corrected chi connectivity index (χ1v) is 16.8. The summed E-state index contributed by atoms with van der Waals surface area (Å²) >= 11 is 0. The van der Waals surface area contributed by atoms with Crippen molar-refractivity contribution in [3.8, 4) is 34.5 Å². The first-order valence-electron chi connectivity index (χ1n) is 16.8. The van der Waals surface area contributed by atoms with Crippen LogP contribution in [0, 0.1) is 30.1 Å². The largest absolute Gasteiger partial charge is 0.317 e. The van der Waals surface area contributed by atoms with Gasteiger partial charge in [0.05, 0.1) is 17.2 Å². The molecule has 230 valence electrons. The van der Waals surface area contributed by atoms with Crippen LogP contribution in [0.25, 0.3) is 28.5 Å².